The fourth-order valence-corrected chi connectivity index (χ4v) is 1.84. The average Bonchev–Trinajstić information content (AvgIpc) is 2.77. The minimum absolute atomic E-state index is 0.354. The van der Waals surface area contributed by atoms with Crippen molar-refractivity contribution in [1.29, 1.82) is 0 Å². The third kappa shape index (κ3) is 2.90. The topological polar surface area (TPSA) is 39.9 Å². The molecule has 2 rings (SSSR count). The lowest BCUT2D eigenvalue weighted by Gasteiger charge is -2.08. The van der Waals surface area contributed by atoms with E-state index >= 15 is 0 Å². The summed E-state index contributed by atoms with van der Waals surface area (Å²) in [7, 11) is 1.62. The van der Waals surface area contributed by atoms with Crippen LogP contribution in [0.2, 0.25) is 5.02 Å². The van der Waals surface area contributed by atoms with Gasteiger partial charge in [0.1, 0.15) is 5.75 Å². The van der Waals surface area contributed by atoms with E-state index in [0.29, 0.717) is 17.4 Å². The van der Waals surface area contributed by atoms with E-state index in [1.165, 1.54) is 0 Å². The summed E-state index contributed by atoms with van der Waals surface area (Å²) in [4.78, 5) is 0. The van der Waals surface area contributed by atoms with Gasteiger partial charge in [-0.1, -0.05) is 16.8 Å². The first-order valence-electron chi connectivity index (χ1n) is 5.00. The number of benzene rings is 1. The van der Waals surface area contributed by atoms with Crippen LogP contribution < -0.4 is 4.74 Å². The van der Waals surface area contributed by atoms with Crippen molar-refractivity contribution in [3.05, 3.63) is 40.7 Å². The maximum absolute atomic E-state index is 5.95. The molecular weight excluding hydrogens is 261 g/mol. The monoisotopic (exact) mass is 271 g/mol. The number of alkyl halides is 1. The average molecular weight is 272 g/mol. The Kier molecular flexibility index (Phi) is 3.86. The number of hydrogen-bond acceptors (Lipinski definition) is 3. The van der Waals surface area contributed by atoms with Crippen molar-refractivity contribution in [2.75, 3.05) is 7.11 Å². The molecule has 6 heteroatoms. The Balaban J connectivity index is 2.25. The highest BCUT2D eigenvalue weighted by Crippen LogP contribution is 2.23. The number of aromatic nitrogens is 3. The molecule has 0 aliphatic rings. The molecule has 0 spiro atoms. The van der Waals surface area contributed by atoms with Gasteiger partial charge in [-0.05, 0) is 18.2 Å². The highest BCUT2D eigenvalue weighted by molar-refractivity contribution is 6.30. The zero-order chi connectivity index (χ0) is 12.3. The van der Waals surface area contributed by atoms with Gasteiger partial charge in [-0.3, -0.25) is 0 Å². The summed E-state index contributed by atoms with van der Waals surface area (Å²) in [6.07, 6.45) is 1.80. The first-order chi connectivity index (χ1) is 8.22. The van der Waals surface area contributed by atoms with E-state index in [9.17, 15) is 0 Å². The van der Waals surface area contributed by atoms with Crippen LogP contribution in [0.5, 0.6) is 5.75 Å². The van der Waals surface area contributed by atoms with E-state index < -0.39 is 0 Å². The van der Waals surface area contributed by atoms with E-state index in [0.717, 1.165) is 17.0 Å². The molecule has 0 N–H and O–H groups in total. The molecule has 0 bridgehead atoms. The molecule has 1 aromatic heterocycles. The Hall–Kier alpha value is -1.26. The predicted molar refractivity (Wildman–Crippen MR) is 66.7 cm³/mol. The van der Waals surface area contributed by atoms with Crippen LogP contribution in [0.25, 0.3) is 0 Å². The molecule has 0 fully saturated rings. The summed E-state index contributed by atoms with van der Waals surface area (Å²) < 4.78 is 6.96. The van der Waals surface area contributed by atoms with Gasteiger partial charge in [-0.2, -0.15) is 0 Å². The second-order valence-electron chi connectivity index (χ2n) is 3.50. The standard InChI is InChI=1S/C11H11Cl2N3O/c1-17-11-3-2-9(13)4-8(11)6-16-7-10(5-12)14-15-16/h2-4,7H,5-6H2,1H3. The van der Waals surface area contributed by atoms with Crippen molar-refractivity contribution in [2.45, 2.75) is 12.4 Å². The van der Waals surface area contributed by atoms with Gasteiger partial charge in [-0.25, -0.2) is 4.68 Å². The van der Waals surface area contributed by atoms with Crippen LogP contribution in [0, 0.1) is 0 Å². The third-order valence-corrected chi connectivity index (χ3v) is 2.81. The van der Waals surface area contributed by atoms with Gasteiger partial charge in [0, 0.05) is 10.6 Å². The Labute approximate surface area is 109 Å². The van der Waals surface area contributed by atoms with E-state index in [1.807, 2.05) is 12.1 Å². The molecule has 2 aromatic rings. The Morgan fingerprint density at radius 1 is 1.41 bits per heavy atom. The normalized spacial score (nSPS) is 10.5. The Morgan fingerprint density at radius 2 is 2.24 bits per heavy atom. The summed E-state index contributed by atoms with van der Waals surface area (Å²) >= 11 is 11.6. The van der Waals surface area contributed by atoms with E-state index in [-0.39, 0.29) is 0 Å². The molecule has 0 saturated carbocycles. The molecule has 17 heavy (non-hydrogen) atoms. The number of rotatable bonds is 4. The van der Waals surface area contributed by atoms with Crippen molar-refractivity contribution in [3.8, 4) is 5.75 Å². The van der Waals surface area contributed by atoms with Gasteiger partial charge in [0.15, 0.2) is 0 Å². The number of halogens is 2. The number of ether oxygens (including phenoxy) is 1. The number of hydrogen-bond donors (Lipinski definition) is 0. The summed E-state index contributed by atoms with van der Waals surface area (Å²) in [5.74, 6) is 1.13. The van der Waals surface area contributed by atoms with Crippen molar-refractivity contribution >= 4 is 23.2 Å². The van der Waals surface area contributed by atoms with Crippen LogP contribution in [-0.2, 0) is 12.4 Å². The van der Waals surface area contributed by atoms with E-state index in [1.54, 1.807) is 24.1 Å². The maximum Gasteiger partial charge on any atom is 0.124 e. The highest BCUT2D eigenvalue weighted by Gasteiger charge is 2.06. The third-order valence-electron chi connectivity index (χ3n) is 2.30. The lowest BCUT2D eigenvalue weighted by atomic mass is 10.2. The van der Waals surface area contributed by atoms with Crippen molar-refractivity contribution < 1.29 is 4.74 Å². The number of methoxy groups -OCH3 is 1. The van der Waals surface area contributed by atoms with Crippen molar-refractivity contribution in [2.24, 2.45) is 0 Å². The fraction of sp³-hybridized carbons (Fsp3) is 0.273. The van der Waals surface area contributed by atoms with Gasteiger partial charge in [-0.15, -0.1) is 16.7 Å². The molecule has 1 aromatic carbocycles. The zero-order valence-corrected chi connectivity index (χ0v) is 10.7. The summed E-state index contributed by atoms with van der Waals surface area (Å²) in [6, 6.07) is 5.47. The lowest BCUT2D eigenvalue weighted by molar-refractivity contribution is 0.407. The molecule has 0 radical (unpaired) electrons. The summed E-state index contributed by atoms with van der Waals surface area (Å²) in [5.41, 5.74) is 1.69. The van der Waals surface area contributed by atoms with Gasteiger partial charge in [0.25, 0.3) is 0 Å². The quantitative estimate of drug-likeness (QED) is 0.803. The minimum Gasteiger partial charge on any atom is -0.496 e. The van der Waals surface area contributed by atoms with Crippen LogP contribution in [0.3, 0.4) is 0 Å². The van der Waals surface area contributed by atoms with Gasteiger partial charge in [0.2, 0.25) is 0 Å². The molecule has 90 valence electrons. The molecule has 0 atom stereocenters. The predicted octanol–water partition coefficient (Wildman–Crippen LogP) is 2.73. The largest absolute Gasteiger partial charge is 0.496 e. The second kappa shape index (κ2) is 5.38. The second-order valence-corrected chi connectivity index (χ2v) is 4.20. The van der Waals surface area contributed by atoms with Gasteiger partial charge >= 0.3 is 0 Å². The van der Waals surface area contributed by atoms with E-state index in [4.69, 9.17) is 27.9 Å². The molecular formula is C11H11Cl2N3O. The van der Waals surface area contributed by atoms with E-state index in [2.05, 4.69) is 10.3 Å². The summed E-state index contributed by atoms with van der Waals surface area (Å²) in [6.45, 7) is 0.549. The van der Waals surface area contributed by atoms with Crippen LogP contribution in [0.15, 0.2) is 24.4 Å². The minimum atomic E-state index is 0.354. The van der Waals surface area contributed by atoms with Crippen LogP contribution in [0.4, 0.5) is 0 Å². The highest BCUT2D eigenvalue weighted by atomic mass is 35.5. The van der Waals surface area contributed by atoms with Gasteiger partial charge in [0.05, 0.1) is 31.4 Å². The van der Waals surface area contributed by atoms with Crippen LogP contribution in [0.1, 0.15) is 11.3 Å². The van der Waals surface area contributed by atoms with Crippen molar-refractivity contribution in [1.82, 2.24) is 15.0 Å². The Bertz CT molecular complexity index is 513. The molecule has 4 nitrogen and oxygen atoms in total. The first-order valence-corrected chi connectivity index (χ1v) is 5.91. The van der Waals surface area contributed by atoms with Crippen LogP contribution in [-0.4, -0.2) is 22.1 Å². The zero-order valence-electron chi connectivity index (χ0n) is 9.23. The maximum atomic E-state index is 5.95. The van der Waals surface area contributed by atoms with Crippen LogP contribution >= 0.6 is 23.2 Å². The molecule has 0 unspecified atom stereocenters. The summed E-state index contributed by atoms with van der Waals surface area (Å²) in [5, 5.41) is 8.55. The molecule has 0 aliphatic heterocycles. The molecule has 0 amide bonds. The lowest BCUT2D eigenvalue weighted by Crippen LogP contribution is -2.02. The number of nitrogens with zero attached hydrogens (tertiary/aromatic N) is 3. The fourth-order valence-electron chi connectivity index (χ4n) is 1.52. The van der Waals surface area contributed by atoms with Crippen molar-refractivity contribution in [3.63, 3.8) is 0 Å². The SMILES string of the molecule is COc1ccc(Cl)cc1Cn1cc(CCl)nn1. The molecule has 0 saturated heterocycles. The smallest absolute Gasteiger partial charge is 0.124 e. The first kappa shape index (κ1) is 12.2. The Morgan fingerprint density at radius 3 is 2.88 bits per heavy atom. The molecule has 0 aliphatic carbocycles. The molecule has 1 heterocycles. The van der Waals surface area contributed by atoms with Gasteiger partial charge < -0.3 is 4.74 Å².